The van der Waals surface area contributed by atoms with Gasteiger partial charge in [0.15, 0.2) is 0 Å². The third kappa shape index (κ3) is 2.83. The molecular formula is C17H12ClNO2. The predicted octanol–water partition coefficient (Wildman–Crippen LogP) is 4.45. The van der Waals surface area contributed by atoms with E-state index in [1.54, 1.807) is 36.4 Å². The number of phenols is 1. The van der Waals surface area contributed by atoms with Crippen molar-refractivity contribution in [2.24, 2.45) is 0 Å². The number of carbonyl (C=O) groups excluding carboxylic acids is 1. The first-order valence-electron chi connectivity index (χ1n) is 6.42. The van der Waals surface area contributed by atoms with E-state index in [0.717, 1.165) is 10.8 Å². The molecule has 2 N–H and O–H groups in total. The summed E-state index contributed by atoms with van der Waals surface area (Å²) < 4.78 is 0. The number of nitrogens with one attached hydrogen (secondary N) is 1. The Morgan fingerprint density at radius 1 is 0.952 bits per heavy atom. The molecule has 21 heavy (non-hydrogen) atoms. The third-order valence-electron chi connectivity index (χ3n) is 3.22. The summed E-state index contributed by atoms with van der Waals surface area (Å²) in [4.78, 5) is 12.1. The van der Waals surface area contributed by atoms with Crippen LogP contribution in [0, 0.1) is 0 Å². The Bertz CT molecular complexity index is 813. The fraction of sp³-hybridized carbons (Fsp3) is 0. The van der Waals surface area contributed by atoms with E-state index in [0.29, 0.717) is 16.3 Å². The first kappa shape index (κ1) is 13.5. The molecule has 0 aliphatic carbocycles. The van der Waals surface area contributed by atoms with Crippen molar-refractivity contribution < 1.29 is 9.90 Å². The minimum absolute atomic E-state index is 0.0380. The fourth-order valence-corrected chi connectivity index (χ4v) is 2.25. The number of hydrogen-bond donors (Lipinski definition) is 2. The second kappa shape index (κ2) is 5.46. The van der Waals surface area contributed by atoms with Crippen LogP contribution in [0.15, 0.2) is 60.7 Å². The van der Waals surface area contributed by atoms with E-state index in [4.69, 9.17) is 11.6 Å². The monoisotopic (exact) mass is 297 g/mol. The summed E-state index contributed by atoms with van der Waals surface area (Å²) in [6.07, 6.45) is 0. The van der Waals surface area contributed by atoms with Gasteiger partial charge in [-0.1, -0.05) is 35.9 Å². The van der Waals surface area contributed by atoms with Crippen LogP contribution in [0.5, 0.6) is 5.75 Å². The average Bonchev–Trinajstić information content (AvgIpc) is 2.48. The number of benzene rings is 3. The van der Waals surface area contributed by atoms with Crippen LogP contribution in [-0.4, -0.2) is 11.0 Å². The molecule has 0 bridgehead atoms. The predicted molar refractivity (Wildman–Crippen MR) is 85.0 cm³/mol. The molecule has 0 saturated heterocycles. The number of amides is 1. The van der Waals surface area contributed by atoms with Crippen molar-refractivity contribution in [3.8, 4) is 5.75 Å². The minimum Gasteiger partial charge on any atom is -0.506 e. The van der Waals surface area contributed by atoms with E-state index in [1.807, 2.05) is 24.3 Å². The molecule has 1 amide bonds. The van der Waals surface area contributed by atoms with E-state index in [2.05, 4.69) is 5.32 Å². The molecule has 0 aromatic heterocycles. The number of halogens is 1. The van der Waals surface area contributed by atoms with Gasteiger partial charge in [-0.25, -0.2) is 0 Å². The van der Waals surface area contributed by atoms with E-state index in [9.17, 15) is 9.90 Å². The Labute approximate surface area is 126 Å². The van der Waals surface area contributed by atoms with Gasteiger partial charge in [-0.3, -0.25) is 4.79 Å². The van der Waals surface area contributed by atoms with E-state index >= 15 is 0 Å². The van der Waals surface area contributed by atoms with Crippen molar-refractivity contribution in [2.45, 2.75) is 0 Å². The van der Waals surface area contributed by atoms with Crippen LogP contribution >= 0.6 is 11.6 Å². The standard InChI is InChI=1S/C17H12ClNO2/c18-14-7-5-11(6-8-14)17(21)19-15-9-12-3-1-2-4-13(12)10-16(15)20/h1-10,20H,(H,19,21). The normalized spacial score (nSPS) is 10.5. The van der Waals surface area contributed by atoms with Crippen molar-refractivity contribution in [1.29, 1.82) is 0 Å². The summed E-state index contributed by atoms with van der Waals surface area (Å²) >= 11 is 5.80. The molecule has 0 atom stereocenters. The first-order valence-corrected chi connectivity index (χ1v) is 6.80. The Balaban J connectivity index is 1.92. The summed E-state index contributed by atoms with van der Waals surface area (Å²) in [5.74, 6) is -0.256. The molecule has 3 rings (SSSR count). The molecule has 0 aliphatic rings. The lowest BCUT2D eigenvalue weighted by molar-refractivity contribution is 0.102. The van der Waals surface area contributed by atoms with Crippen molar-refractivity contribution in [1.82, 2.24) is 0 Å². The number of rotatable bonds is 2. The minimum atomic E-state index is -0.294. The van der Waals surface area contributed by atoms with Crippen LogP contribution in [0.1, 0.15) is 10.4 Å². The molecule has 0 radical (unpaired) electrons. The summed E-state index contributed by atoms with van der Waals surface area (Å²) in [5, 5.41) is 15.2. The van der Waals surface area contributed by atoms with Gasteiger partial charge in [0.05, 0.1) is 5.69 Å². The second-order valence-electron chi connectivity index (χ2n) is 4.68. The molecule has 3 aromatic rings. The van der Waals surface area contributed by atoms with Crippen LogP contribution in [0.25, 0.3) is 10.8 Å². The highest BCUT2D eigenvalue weighted by Gasteiger charge is 2.10. The maximum atomic E-state index is 12.1. The largest absolute Gasteiger partial charge is 0.506 e. The highest BCUT2D eigenvalue weighted by atomic mass is 35.5. The second-order valence-corrected chi connectivity index (χ2v) is 5.11. The third-order valence-corrected chi connectivity index (χ3v) is 3.47. The Hall–Kier alpha value is -2.52. The molecule has 0 saturated carbocycles. The lowest BCUT2D eigenvalue weighted by atomic mass is 10.1. The zero-order chi connectivity index (χ0) is 14.8. The highest BCUT2D eigenvalue weighted by Crippen LogP contribution is 2.29. The molecular weight excluding hydrogens is 286 g/mol. The maximum absolute atomic E-state index is 12.1. The number of hydrogen-bond acceptors (Lipinski definition) is 2. The Kier molecular flexibility index (Phi) is 3.50. The summed E-state index contributed by atoms with van der Waals surface area (Å²) in [6.45, 7) is 0. The van der Waals surface area contributed by atoms with Gasteiger partial charge in [0.25, 0.3) is 5.91 Å². The first-order chi connectivity index (χ1) is 10.1. The van der Waals surface area contributed by atoms with Gasteiger partial charge >= 0.3 is 0 Å². The van der Waals surface area contributed by atoms with E-state index in [-0.39, 0.29) is 11.7 Å². The van der Waals surface area contributed by atoms with Gasteiger partial charge in [-0.05, 0) is 47.2 Å². The molecule has 104 valence electrons. The zero-order valence-corrected chi connectivity index (χ0v) is 11.8. The molecule has 3 nitrogen and oxygen atoms in total. The summed E-state index contributed by atoms with van der Waals surface area (Å²) in [7, 11) is 0. The molecule has 0 unspecified atom stereocenters. The lowest BCUT2D eigenvalue weighted by Crippen LogP contribution is -2.11. The Morgan fingerprint density at radius 3 is 2.24 bits per heavy atom. The smallest absolute Gasteiger partial charge is 0.255 e. The molecule has 0 heterocycles. The van der Waals surface area contributed by atoms with Gasteiger partial charge in [0.2, 0.25) is 0 Å². The van der Waals surface area contributed by atoms with Gasteiger partial charge in [-0.15, -0.1) is 0 Å². The average molecular weight is 298 g/mol. The lowest BCUT2D eigenvalue weighted by Gasteiger charge is -2.09. The van der Waals surface area contributed by atoms with Crippen LogP contribution < -0.4 is 5.32 Å². The molecule has 0 fully saturated rings. The maximum Gasteiger partial charge on any atom is 0.255 e. The zero-order valence-electron chi connectivity index (χ0n) is 11.0. The van der Waals surface area contributed by atoms with Crippen LogP contribution in [0.2, 0.25) is 5.02 Å². The summed E-state index contributed by atoms with van der Waals surface area (Å²) in [5.41, 5.74) is 0.862. The topological polar surface area (TPSA) is 49.3 Å². The number of anilines is 1. The number of fused-ring (bicyclic) bond motifs is 1. The fourth-order valence-electron chi connectivity index (χ4n) is 2.12. The quantitative estimate of drug-likeness (QED) is 0.687. The molecule has 0 spiro atoms. The summed E-state index contributed by atoms with van der Waals surface area (Å²) in [6, 6.07) is 17.6. The highest BCUT2D eigenvalue weighted by molar-refractivity contribution is 6.30. The van der Waals surface area contributed by atoms with Crippen molar-refractivity contribution in [3.63, 3.8) is 0 Å². The Morgan fingerprint density at radius 2 is 1.57 bits per heavy atom. The SMILES string of the molecule is O=C(Nc1cc2ccccc2cc1O)c1ccc(Cl)cc1. The van der Waals surface area contributed by atoms with Gasteiger partial charge in [0, 0.05) is 10.6 Å². The number of phenolic OH excluding ortho intramolecular Hbond substituents is 1. The van der Waals surface area contributed by atoms with Crippen molar-refractivity contribution >= 4 is 34.0 Å². The number of aromatic hydroxyl groups is 1. The van der Waals surface area contributed by atoms with E-state index < -0.39 is 0 Å². The van der Waals surface area contributed by atoms with Crippen LogP contribution in [0.3, 0.4) is 0 Å². The van der Waals surface area contributed by atoms with Crippen LogP contribution in [0.4, 0.5) is 5.69 Å². The van der Waals surface area contributed by atoms with Gasteiger partial charge in [0.1, 0.15) is 5.75 Å². The number of carbonyl (C=O) groups is 1. The van der Waals surface area contributed by atoms with Crippen molar-refractivity contribution in [2.75, 3.05) is 5.32 Å². The van der Waals surface area contributed by atoms with Crippen LogP contribution in [-0.2, 0) is 0 Å². The van der Waals surface area contributed by atoms with Crippen molar-refractivity contribution in [3.05, 3.63) is 71.2 Å². The van der Waals surface area contributed by atoms with Gasteiger partial charge in [-0.2, -0.15) is 0 Å². The van der Waals surface area contributed by atoms with E-state index in [1.165, 1.54) is 0 Å². The molecule has 0 aliphatic heterocycles. The van der Waals surface area contributed by atoms with Gasteiger partial charge < -0.3 is 10.4 Å². The molecule has 3 aromatic carbocycles. The molecule has 4 heteroatoms.